The molecule has 0 bridgehead atoms. The fraction of sp³-hybridized carbons (Fsp3) is 0.0833. The highest BCUT2D eigenvalue weighted by Crippen LogP contribution is 2.14. The van der Waals surface area contributed by atoms with Gasteiger partial charge in [0, 0.05) is 36.3 Å². The van der Waals surface area contributed by atoms with Crippen LogP contribution in [-0.4, -0.2) is 15.8 Å². The van der Waals surface area contributed by atoms with E-state index in [1.54, 1.807) is 6.07 Å². The summed E-state index contributed by atoms with van der Waals surface area (Å²) in [6.07, 6.45) is 5.46. The number of hydrogen-bond acceptors (Lipinski definition) is 4. The molecule has 4 nitrogen and oxygen atoms in total. The van der Waals surface area contributed by atoms with E-state index in [1.165, 1.54) is 24.7 Å². The Bertz CT molecular complexity index is 557. The van der Waals surface area contributed by atoms with E-state index in [-0.39, 0.29) is 17.8 Å². The molecule has 0 atom stereocenters. The molecular formula is C12H10FN3O. The number of pyridine rings is 2. The van der Waals surface area contributed by atoms with Crippen molar-refractivity contribution in [3.8, 4) is 0 Å². The van der Waals surface area contributed by atoms with Gasteiger partial charge in [0.15, 0.2) is 11.6 Å². The summed E-state index contributed by atoms with van der Waals surface area (Å²) >= 11 is 0. The molecule has 0 saturated carbocycles. The topological polar surface area (TPSA) is 68.9 Å². The van der Waals surface area contributed by atoms with Gasteiger partial charge in [-0.25, -0.2) is 4.39 Å². The summed E-state index contributed by atoms with van der Waals surface area (Å²) in [5, 5.41) is 0. The lowest BCUT2D eigenvalue weighted by Gasteiger charge is -2.04. The second kappa shape index (κ2) is 4.69. The predicted octanol–water partition coefficient (Wildman–Crippen LogP) is 1.62. The Morgan fingerprint density at radius 3 is 2.65 bits per heavy atom. The fourth-order valence-electron chi connectivity index (χ4n) is 1.46. The minimum atomic E-state index is -0.625. The zero-order valence-electron chi connectivity index (χ0n) is 8.93. The van der Waals surface area contributed by atoms with Gasteiger partial charge < -0.3 is 5.73 Å². The van der Waals surface area contributed by atoms with Gasteiger partial charge in [-0.05, 0) is 12.1 Å². The average Bonchev–Trinajstić information content (AvgIpc) is 2.32. The molecule has 0 aliphatic rings. The standard InChI is InChI=1S/C12H10FN3O/c13-10-7-16-3-1-9(10)12(17)5-8-6-15-4-2-11(8)14/h1-4,6-7H,5H2,(H2,14,15). The summed E-state index contributed by atoms with van der Waals surface area (Å²) in [5.41, 5.74) is 6.77. The first-order chi connectivity index (χ1) is 8.18. The summed E-state index contributed by atoms with van der Waals surface area (Å²) in [6.45, 7) is 0. The van der Waals surface area contributed by atoms with Gasteiger partial charge in [-0.3, -0.25) is 14.8 Å². The van der Waals surface area contributed by atoms with Gasteiger partial charge in [-0.2, -0.15) is 0 Å². The van der Waals surface area contributed by atoms with Gasteiger partial charge >= 0.3 is 0 Å². The van der Waals surface area contributed by atoms with Gasteiger partial charge in [0.05, 0.1) is 11.8 Å². The number of nitrogen functional groups attached to an aromatic ring is 1. The largest absolute Gasteiger partial charge is 0.398 e. The highest BCUT2D eigenvalue weighted by molar-refractivity contribution is 5.98. The number of carbonyl (C=O) groups excluding carboxylic acids is 1. The maximum atomic E-state index is 13.3. The molecule has 0 aliphatic carbocycles. The molecule has 0 aromatic carbocycles. The third kappa shape index (κ3) is 2.44. The number of nitrogens with zero attached hydrogens (tertiary/aromatic N) is 2. The Morgan fingerprint density at radius 2 is 1.94 bits per heavy atom. The molecular weight excluding hydrogens is 221 g/mol. The minimum absolute atomic E-state index is 0.0169. The lowest BCUT2D eigenvalue weighted by Crippen LogP contribution is -2.08. The number of anilines is 1. The predicted molar refractivity (Wildman–Crippen MR) is 60.9 cm³/mol. The summed E-state index contributed by atoms with van der Waals surface area (Å²) in [7, 11) is 0. The van der Waals surface area contributed by atoms with E-state index in [1.807, 2.05) is 0 Å². The van der Waals surface area contributed by atoms with Crippen LogP contribution in [0.2, 0.25) is 0 Å². The van der Waals surface area contributed by atoms with Crippen molar-refractivity contribution in [3.63, 3.8) is 0 Å². The first-order valence-electron chi connectivity index (χ1n) is 4.99. The number of nitrogens with two attached hydrogens (primary N) is 1. The van der Waals surface area contributed by atoms with Crippen LogP contribution in [-0.2, 0) is 6.42 Å². The normalized spacial score (nSPS) is 10.2. The third-order valence-electron chi connectivity index (χ3n) is 2.37. The molecule has 2 N–H and O–H groups in total. The van der Waals surface area contributed by atoms with Crippen molar-refractivity contribution >= 4 is 11.5 Å². The van der Waals surface area contributed by atoms with Crippen LogP contribution in [0.25, 0.3) is 0 Å². The lowest BCUT2D eigenvalue weighted by molar-refractivity contribution is 0.0989. The van der Waals surface area contributed by atoms with Gasteiger partial charge in [-0.1, -0.05) is 0 Å². The number of Topliss-reactive ketones (excluding diaryl/α,β-unsaturated/α-hetero) is 1. The Kier molecular flexibility index (Phi) is 3.09. The Hall–Kier alpha value is -2.30. The van der Waals surface area contributed by atoms with E-state index in [4.69, 9.17) is 5.73 Å². The van der Waals surface area contributed by atoms with Crippen molar-refractivity contribution in [3.05, 3.63) is 53.9 Å². The molecule has 0 radical (unpaired) electrons. The van der Waals surface area contributed by atoms with Crippen molar-refractivity contribution in [2.75, 3.05) is 5.73 Å². The monoisotopic (exact) mass is 231 g/mol. The summed E-state index contributed by atoms with van der Waals surface area (Å²) < 4.78 is 13.3. The Morgan fingerprint density at radius 1 is 1.24 bits per heavy atom. The molecule has 2 aromatic heterocycles. The van der Waals surface area contributed by atoms with Crippen LogP contribution in [0, 0.1) is 5.82 Å². The summed E-state index contributed by atoms with van der Waals surface area (Å²) in [6, 6.07) is 2.95. The molecule has 0 amide bonds. The van der Waals surface area contributed by atoms with Crippen LogP contribution in [0.3, 0.4) is 0 Å². The quantitative estimate of drug-likeness (QED) is 0.815. The average molecular weight is 231 g/mol. The molecule has 2 aromatic rings. The van der Waals surface area contributed by atoms with Crippen LogP contribution >= 0.6 is 0 Å². The molecule has 0 fully saturated rings. The van der Waals surface area contributed by atoms with Crippen LogP contribution in [0.5, 0.6) is 0 Å². The van der Waals surface area contributed by atoms with E-state index in [0.29, 0.717) is 11.3 Å². The SMILES string of the molecule is Nc1ccncc1CC(=O)c1ccncc1F. The van der Waals surface area contributed by atoms with E-state index >= 15 is 0 Å². The second-order valence-electron chi connectivity index (χ2n) is 3.53. The number of ketones is 1. The zero-order chi connectivity index (χ0) is 12.3. The van der Waals surface area contributed by atoms with Crippen molar-refractivity contribution in [1.29, 1.82) is 0 Å². The molecule has 0 spiro atoms. The first kappa shape index (κ1) is 11.2. The summed E-state index contributed by atoms with van der Waals surface area (Å²) in [4.78, 5) is 19.3. The second-order valence-corrected chi connectivity index (χ2v) is 3.53. The molecule has 0 saturated heterocycles. The van der Waals surface area contributed by atoms with Gasteiger partial charge in [0.1, 0.15) is 0 Å². The first-order valence-corrected chi connectivity index (χ1v) is 4.99. The Balaban J connectivity index is 2.24. The molecule has 2 heterocycles. The molecule has 0 unspecified atom stereocenters. The van der Waals surface area contributed by atoms with Crippen LogP contribution < -0.4 is 5.73 Å². The number of aromatic nitrogens is 2. The Labute approximate surface area is 97.3 Å². The summed E-state index contributed by atoms with van der Waals surface area (Å²) in [5.74, 6) is -0.968. The van der Waals surface area contributed by atoms with Gasteiger partial charge in [0.2, 0.25) is 0 Å². The van der Waals surface area contributed by atoms with E-state index < -0.39 is 5.82 Å². The van der Waals surface area contributed by atoms with Crippen LogP contribution in [0.4, 0.5) is 10.1 Å². The van der Waals surface area contributed by atoms with Crippen molar-refractivity contribution in [2.24, 2.45) is 0 Å². The highest BCUT2D eigenvalue weighted by Gasteiger charge is 2.13. The van der Waals surface area contributed by atoms with E-state index in [9.17, 15) is 9.18 Å². The molecule has 17 heavy (non-hydrogen) atoms. The lowest BCUT2D eigenvalue weighted by atomic mass is 10.0. The number of carbonyl (C=O) groups is 1. The highest BCUT2D eigenvalue weighted by atomic mass is 19.1. The maximum Gasteiger partial charge on any atom is 0.170 e. The molecule has 5 heteroatoms. The third-order valence-corrected chi connectivity index (χ3v) is 2.37. The van der Waals surface area contributed by atoms with E-state index in [2.05, 4.69) is 9.97 Å². The van der Waals surface area contributed by atoms with Gasteiger partial charge in [0.25, 0.3) is 0 Å². The fourth-order valence-corrected chi connectivity index (χ4v) is 1.46. The number of hydrogen-bond donors (Lipinski definition) is 1. The number of halogens is 1. The zero-order valence-corrected chi connectivity index (χ0v) is 8.93. The molecule has 0 aliphatic heterocycles. The minimum Gasteiger partial charge on any atom is -0.398 e. The van der Waals surface area contributed by atoms with Gasteiger partial charge in [-0.15, -0.1) is 0 Å². The van der Waals surface area contributed by atoms with Crippen molar-refractivity contribution in [1.82, 2.24) is 9.97 Å². The van der Waals surface area contributed by atoms with E-state index in [0.717, 1.165) is 6.20 Å². The van der Waals surface area contributed by atoms with Crippen LogP contribution in [0.1, 0.15) is 15.9 Å². The van der Waals surface area contributed by atoms with Crippen molar-refractivity contribution < 1.29 is 9.18 Å². The van der Waals surface area contributed by atoms with Crippen LogP contribution in [0.15, 0.2) is 36.9 Å². The molecule has 2 rings (SSSR count). The van der Waals surface area contributed by atoms with Crippen molar-refractivity contribution in [2.45, 2.75) is 6.42 Å². The molecule has 86 valence electrons. The maximum absolute atomic E-state index is 13.3. The smallest absolute Gasteiger partial charge is 0.170 e. The number of rotatable bonds is 3.